The Morgan fingerprint density at radius 1 is 1.14 bits per heavy atom. The number of anilines is 2. The molecule has 2 amide bonds. The van der Waals surface area contributed by atoms with E-state index in [9.17, 15) is 9.59 Å². The molecule has 2 aromatic carbocycles. The minimum atomic E-state index is -0.249. The highest BCUT2D eigenvalue weighted by molar-refractivity contribution is 9.10. The molecule has 0 aromatic heterocycles. The van der Waals surface area contributed by atoms with Gasteiger partial charge in [0.25, 0.3) is 5.91 Å². The number of hydrogen-bond acceptors (Lipinski definition) is 3. The van der Waals surface area contributed by atoms with Crippen molar-refractivity contribution >= 4 is 39.1 Å². The summed E-state index contributed by atoms with van der Waals surface area (Å²) in [7, 11) is 0. The zero-order chi connectivity index (χ0) is 20.3. The summed E-state index contributed by atoms with van der Waals surface area (Å²) < 4.78 is 6.72. The molecule has 0 heterocycles. The van der Waals surface area contributed by atoms with Gasteiger partial charge in [0.05, 0.1) is 0 Å². The number of halogens is 1. The second-order valence-electron chi connectivity index (χ2n) is 7.47. The molecule has 2 N–H and O–H groups in total. The Morgan fingerprint density at radius 2 is 1.89 bits per heavy atom. The van der Waals surface area contributed by atoms with Crippen LogP contribution in [0.5, 0.6) is 5.75 Å². The van der Waals surface area contributed by atoms with Crippen LogP contribution in [-0.4, -0.2) is 18.4 Å². The van der Waals surface area contributed by atoms with Crippen LogP contribution in [0.15, 0.2) is 40.9 Å². The number of rotatable bonds is 7. The summed E-state index contributed by atoms with van der Waals surface area (Å²) >= 11 is 3.47. The Kier molecular flexibility index (Phi) is 6.39. The quantitative estimate of drug-likeness (QED) is 0.612. The van der Waals surface area contributed by atoms with Crippen LogP contribution in [0.3, 0.4) is 0 Å². The molecule has 0 aliphatic heterocycles. The average molecular weight is 445 g/mol. The lowest BCUT2D eigenvalue weighted by Crippen LogP contribution is -2.21. The Bertz CT molecular complexity index is 891. The molecule has 3 rings (SSSR count). The molecular formula is C22H25BrN2O3. The fourth-order valence-electron chi connectivity index (χ4n) is 2.86. The normalized spacial score (nSPS) is 13.3. The van der Waals surface area contributed by atoms with Gasteiger partial charge in [-0.2, -0.15) is 0 Å². The summed E-state index contributed by atoms with van der Waals surface area (Å²) in [6.07, 6.45) is 1.90. The number of ether oxygens (including phenoxy) is 1. The van der Waals surface area contributed by atoms with E-state index in [2.05, 4.69) is 40.4 Å². The number of carbonyl (C=O) groups excluding carboxylic acids is 2. The molecule has 0 bridgehead atoms. The van der Waals surface area contributed by atoms with E-state index in [1.165, 1.54) is 0 Å². The molecule has 0 saturated heterocycles. The molecule has 6 heteroatoms. The van der Waals surface area contributed by atoms with E-state index in [0.29, 0.717) is 11.4 Å². The van der Waals surface area contributed by atoms with Gasteiger partial charge in [-0.3, -0.25) is 9.59 Å². The summed E-state index contributed by atoms with van der Waals surface area (Å²) in [4.78, 5) is 24.3. The van der Waals surface area contributed by atoms with Crippen molar-refractivity contribution in [2.45, 2.75) is 39.5 Å². The van der Waals surface area contributed by atoms with Gasteiger partial charge >= 0.3 is 0 Å². The second kappa shape index (κ2) is 8.78. The highest BCUT2D eigenvalue weighted by atomic mass is 79.9. The van der Waals surface area contributed by atoms with Gasteiger partial charge in [-0.25, -0.2) is 0 Å². The highest BCUT2D eigenvalue weighted by Gasteiger charge is 2.29. The third-order valence-corrected chi connectivity index (χ3v) is 5.17. The van der Waals surface area contributed by atoms with Gasteiger partial charge in [-0.05, 0) is 67.1 Å². The third-order valence-electron chi connectivity index (χ3n) is 4.68. The predicted octanol–water partition coefficient (Wildman–Crippen LogP) is 5.25. The maximum absolute atomic E-state index is 12.3. The molecule has 1 fully saturated rings. The minimum Gasteiger partial charge on any atom is -0.483 e. The van der Waals surface area contributed by atoms with Crippen molar-refractivity contribution in [3.8, 4) is 5.75 Å². The van der Waals surface area contributed by atoms with Crippen molar-refractivity contribution < 1.29 is 14.3 Å². The van der Waals surface area contributed by atoms with Crippen LogP contribution in [0.4, 0.5) is 11.4 Å². The predicted molar refractivity (Wildman–Crippen MR) is 115 cm³/mol. The van der Waals surface area contributed by atoms with Crippen molar-refractivity contribution in [3.63, 3.8) is 0 Å². The van der Waals surface area contributed by atoms with Crippen LogP contribution in [0.1, 0.15) is 43.7 Å². The maximum atomic E-state index is 12.3. The lowest BCUT2D eigenvalue weighted by molar-refractivity contribution is -0.118. The van der Waals surface area contributed by atoms with Gasteiger partial charge in [-0.1, -0.05) is 35.8 Å². The van der Waals surface area contributed by atoms with Gasteiger partial charge in [-0.15, -0.1) is 0 Å². The lowest BCUT2D eigenvalue weighted by atomic mass is 10.0. The highest BCUT2D eigenvalue weighted by Crippen LogP contribution is 2.31. The summed E-state index contributed by atoms with van der Waals surface area (Å²) in [6, 6.07) is 11.3. The lowest BCUT2D eigenvalue weighted by Gasteiger charge is -2.15. The fourth-order valence-corrected chi connectivity index (χ4v) is 3.24. The first-order valence-electron chi connectivity index (χ1n) is 9.47. The zero-order valence-electron chi connectivity index (χ0n) is 16.3. The van der Waals surface area contributed by atoms with E-state index < -0.39 is 0 Å². The summed E-state index contributed by atoms with van der Waals surface area (Å²) in [5.41, 5.74) is 3.36. The number of benzene rings is 2. The third kappa shape index (κ3) is 5.35. The first-order chi connectivity index (χ1) is 13.3. The van der Waals surface area contributed by atoms with Crippen molar-refractivity contribution in [1.29, 1.82) is 0 Å². The Hall–Kier alpha value is -2.34. The largest absolute Gasteiger partial charge is 0.483 e. The molecular weight excluding hydrogens is 420 g/mol. The number of amides is 2. The van der Waals surface area contributed by atoms with Gasteiger partial charge in [0.2, 0.25) is 5.91 Å². The molecule has 0 unspecified atom stereocenters. The van der Waals surface area contributed by atoms with Gasteiger partial charge in [0.15, 0.2) is 6.61 Å². The first-order valence-corrected chi connectivity index (χ1v) is 10.3. The van der Waals surface area contributed by atoms with Crippen LogP contribution in [0.25, 0.3) is 0 Å². The molecule has 1 saturated carbocycles. The van der Waals surface area contributed by atoms with Crippen LogP contribution in [0.2, 0.25) is 0 Å². The van der Waals surface area contributed by atoms with Crippen LogP contribution >= 0.6 is 15.9 Å². The molecule has 148 valence electrons. The van der Waals surface area contributed by atoms with E-state index in [1.54, 1.807) is 6.07 Å². The minimum absolute atomic E-state index is 0.0476. The maximum Gasteiger partial charge on any atom is 0.262 e. The molecule has 0 radical (unpaired) electrons. The molecule has 1 aliphatic rings. The van der Waals surface area contributed by atoms with Gasteiger partial charge in [0, 0.05) is 21.8 Å². The Balaban J connectivity index is 1.61. The number of hydrogen-bond donors (Lipinski definition) is 2. The number of aryl methyl sites for hydroxylation is 1. The molecule has 28 heavy (non-hydrogen) atoms. The molecule has 0 spiro atoms. The summed E-state index contributed by atoms with van der Waals surface area (Å²) in [6.45, 7) is 6.01. The van der Waals surface area contributed by atoms with Gasteiger partial charge < -0.3 is 15.4 Å². The first kappa shape index (κ1) is 20.4. The van der Waals surface area contributed by atoms with E-state index in [4.69, 9.17) is 4.74 Å². The van der Waals surface area contributed by atoms with E-state index >= 15 is 0 Å². The Labute approximate surface area is 174 Å². The van der Waals surface area contributed by atoms with Crippen LogP contribution in [-0.2, 0) is 9.59 Å². The second-order valence-corrected chi connectivity index (χ2v) is 8.38. The molecule has 5 nitrogen and oxygen atoms in total. The SMILES string of the molecule is Cc1ccc(NC(=O)COc2ccc(Br)cc2C(C)C)cc1NC(=O)C1CC1. The molecule has 2 aromatic rings. The smallest absolute Gasteiger partial charge is 0.262 e. The zero-order valence-corrected chi connectivity index (χ0v) is 17.9. The van der Waals surface area contributed by atoms with Crippen molar-refractivity contribution in [1.82, 2.24) is 0 Å². The molecule has 1 aliphatic carbocycles. The van der Waals surface area contributed by atoms with Crippen molar-refractivity contribution in [3.05, 3.63) is 52.0 Å². The average Bonchev–Trinajstić information content (AvgIpc) is 3.48. The van der Waals surface area contributed by atoms with Crippen LogP contribution < -0.4 is 15.4 Å². The fraction of sp³-hybridized carbons (Fsp3) is 0.364. The van der Waals surface area contributed by atoms with Gasteiger partial charge in [0.1, 0.15) is 5.75 Å². The van der Waals surface area contributed by atoms with Crippen molar-refractivity contribution in [2.75, 3.05) is 17.2 Å². The Morgan fingerprint density at radius 3 is 2.57 bits per heavy atom. The monoisotopic (exact) mass is 444 g/mol. The van der Waals surface area contributed by atoms with E-state index in [0.717, 1.165) is 34.1 Å². The summed E-state index contributed by atoms with van der Waals surface area (Å²) in [5.74, 6) is 0.916. The summed E-state index contributed by atoms with van der Waals surface area (Å²) in [5, 5.41) is 5.78. The standard InChI is InChI=1S/C22H25BrN2O3/c1-13(2)18-10-16(23)7-9-20(18)28-12-21(26)24-17-8-4-14(3)19(11-17)25-22(27)15-5-6-15/h4,7-11,13,15H,5-6,12H2,1-3H3,(H,24,26)(H,25,27). The van der Waals surface area contributed by atoms with Crippen LogP contribution in [0, 0.1) is 12.8 Å². The van der Waals surface area contributed by atoms with Crippen molar-refractivity contribution in [2.24, 2.45) is 5.92 Å². The molecule has 0 atom stereocenters. The number of nitrogens with one attached hydrogen (secondary N) is 2. The van der Waals surface area contributed by atoms with E-state index in [1.807, 2.05) is 37.3 Å². The topological polar surface area (TPSA) is 67.4 Å². The van der Waals surface area contributed by atoms with E-state index in [-0.39, 0.29) is 30.3 Å². The number of carbonyl (C=O) groups is 2.